The molecule has 0 saturated heterocycles. The molecule has 0 saturated carbocycles. The lowest BCUT2D eigenvalue weighted by molar-refractivity contribution is -0.148. The fraction of sp³-hybridized carbons (Fsp3) is 0.231. The molecule has 3 heterocycles. The summed E-state index contributed by atoms with van der Waals surface area (Å²) in [5, 5.41) is 9.22. The van der Waals surface area contributed by atoms with Crippen molar-refractivity contribution in [2.45, 2.75) is 20.8 Å². The highest BCUT2D eigenvalue weighted by atomic mass is 19.1. The van der Waals surface area contributed by atoms with E-state index in [2.05, 4.69) is 19.9 Å². The Balaban J connectivity index is 1.53. The van der Waals surface area contributed by atoms with Gasteiger partial charge in [0.25, 0.3) is 0 Å². The van der Waals surface area contributed by atoms with Crippen LogP contribution in [0.3, 0.4) is 0 Å². The van der Waals surface area contributed by atoms with Crippen molar-refractivity contribution in [1.29, 1.82) is 0 Å². The molecule has 0 aliphatic rings. The van der Waals surface area contributed by atoms with Crippen molar-refractivity contribution in [1.82, 2.24) is 19.9 Å². The Kier molecular flexibility index (Phi) is 6.50. The molecular formula is C26H25FN4O4. The van der Waals surface area contributed by atoms with E-state index in [-0.39, 0.29) is 12.3 Å². The van der Waals surface area contributed by atoms with Gasteiger partial charge >= 0.3 is 5.97 Å². The lowest BCUT2D eigenvalue weighted by Gasteiger charge is -2.19. The molecule has 0 aliphatic heterocycles. The van der Waals surface area contributed by atoms with Crippen molar-refractivity contribution in [2.75, 3.05) is 13.7 Å². The maximum Gasteiger partial charge on any atom is 0.312 e. The lowest BCUT2D eigenvalue weighted by Crippen LogP contribution is -2.30. The van der Waals surface area contributed by atoms with E-state index >= 15 is 4.39 Å². The average molecular weight is 477 g/mol. The van der Waals surface area contributed by atoms with Gasteiger partial charge in [-0.1, -0.05) is 0 Å². The molecule has 0 atom stereocenters. The number of hydrogen-bond acceptors (Lipinski definition) is 6. The van der Waals surface area contributed by atoms with Gasteiger partial charge in [-0.2, -0.15) is 0 Å². The number of carbonyl (C=O) groups is 1. The van der Waals surface area contributed by atoms with Gasteiger partial charge < -0.3 is 19.6 Å². The van der Waals surface area contributed by atoms with E-state index in [1.54, 1.807) is 45.6 Å². The minimum absolute atomic E-state index is 0.0271. The number of carboxylic acid groups (broad SMARTS) is 1. The number of nitrogens with zero attached hydrogens (tertiary/aromatic N) is 3. The van der Waals surface area contributed by atoms with Crippen LogP contribution >= 0.6 is 0 Å². The molecule has 180 valence electrons. The summed E-state index contributed by atoms with van der Waals surface area (Å²) in [4.78, 5) is 27.2. The van der Waals surface area contributed by atoms with E-state index in [1.807, 2.05) is 31.2 Å². The highest BCUT2D eigenvalue weighted by Gasteiger charge is 2.28. The van der Waals surface area contributed by atoms with E-state index in [0.29, 0.717) is 22.8 Å². The van der Waals surface area contributed by atoms with Crippen LogP contribution in [0.15, 0.2) is 55.0 Å². The molecule has 0 bridgehead atoms. The van der Waals surface area contributed by atoms with Crippen molar-refractivity contribution in [3.05, 3.63) is 66.4 Å². The van der Waals surface area contributed by atoms with Gasteiger partial charge in [-0.3, -0.25) is 4.79 Å². The molecular weight excluding hydrogens is 451 g/mol. The van der Waals surface area contributed by atoms with Crippen LogP contribution in [0.1, 0.15) is 19.4 Å². The Labute approximate surface area is 201 Å². The van der Waals surface area contributed by atoms with Crippen molar-refractivity contribution >= 4 is 5.97 Å². The number of pyridine rings is 2. The van der Waals surface area contributed by atoms with E-state index < -0.39 is 17.2 Å². The van der Waals surface area contributed by atoms with Crippen LogP contribution in [0, 0.1) is 18.2 Å². The molecule has 4 aromatic rings. The van der Waals surface area contributed by atoms with Crippen LogP contribution in [0.2, 0.25) is 0 Å². The van der Waals surface area contributed by atoms with Crippen molar-refractivity contribution in [2.24, 2.45) is 5.41 Å². The molecule has 8 nitrogen and oxygen atoms in total. The quantitative estimate of drug-likeness (QED) is 0.362. The number of aromatic nitrogens is 4. The van der Waals surface area contributed by atoms with Crippen LogP contribution < -0.4 is 9.47 Å². The van der Waals surface area contributed by atoms with Crippen LogP contribution in [0.4, 0.5) is 4.39 Å². The van der Waals surface area contributed by atoms with E-state index in [4.69, 9.17) is 9.47 Å². The zero-order valence-corrected chi connectivity index (χ0v) is 19.8. The topological polar surface area (TPSA) is 110 Å². The molecule has 4 rings (SSSR count). The van der Waals surface area contributed by atoms with Crippen molar-refractivity contribution in [3.8, 4) is 45.5 Å². The first-order valence-electron chi connectivity index (χ1n) is 10.9. The SMILES string of the molecule is COc1ccc(-c2cnc(-c3ncc(-c4cnc(OCC(C)(C)C(=O)O)cc4C)cc3F)[nH]2)cc1. The van der Waals surface area contributed by atoms with Gasteiger partial charge in [0.05, 0.1) is 24.4 Å². The van der Waals surface area contributed by atoms with Gasteiger partial charge in [-0.15, -0.1) is 0 Å². The normalized spacial score (nSPS) is 11.3. The van der Waals surface area contributed by atoms with Crippen molar-refractivity contribution in [3.63, 3.8) is 0 Å². The first-order valence-corrected chi connectivity index (χ1v) is 10.9. The number of hydrogen-bond donors (Lipinski definition) is 2. The number of benzene rings is 1. The van der Waals surface area contributed by atoms with Crippen LogP contribution in [-0.2, 0) is 4.79 Å². The zero-order chi connectivity index (χ0) is 25.2. The smallest absolute Gasteiger partial charge is 0.312 e. The fourth-order valence-corrected chi connectivity index (χ4v) is 3.35. The molecule has 0 amide bonds. The highest BCUT2D eigenvalue weighted by molar-refractivity contribution is 5.74. The summed E-state index contributed by atoms with van der Waals surface area (Å²) in [5.41, 5.74) is 2.71. The Hall–Kier alpha value is -4.27. The summed E-state index contributed by atoms with van der Waals surface area (Å²) >= 11 is 0. The van der Waals surface area contributed by atoms with Gasteiger partial charge in [0.15, 0.2) is 11.6 Å². The second-order valence-electron chi connectivity index (χ2n) is 8.74. The number of ether oxygens (including phenoxy) is 2. The zero-order valence-electron chi connectivity index (χ0n) is 19.8. The van der Waals surface area contributed by atoms with E-state index in [9.17, 15) is 9.90 Å². The van der Waals surface area contributed by atoms with Crippen LogP contribution in [0.25, 0.3) is 33.9 Å². The third-order valence-electron chi connectivity index (χ3n) is 5.60. The molecule has 0 unspecified atom stereocenters. The van der Waals surface area contributed by atoms with Crippen LogP contribution in [-0.4, -0.2) is 44.7 Å². The number of carboxylic acids is 1. The average Bonchev–Trinajstić information content (AvgIpc) is 3.33. The van der Waals surface area contributed by atoms with Crippen molar-refractivity contribution < 1.29 is 23.8 Å². The molecule has 3 aromatic heterocycles. The summed E-state index contributed by atoms with van der Waals surface area (Å²) in [6.07, 6.45) is 4.75. The Morgan fingerprint density at radius 2 is 1.80 bits per heavy atom. The number of aromatic amines is 1. The molecule has 0 radical (unpaired) electrons. The Morgan fingerprint density at radius 3 is 2.43 bits per heavy atom. The molecule has 1 aromatic carbocycles. The summed E-state index contributed by atoms with van der Waals surface area (Å²) in [7, 11) is 1.60. The second kappa shape index (κ2) is 9.54. The summed E-state index contributed by atoms with van der Waals surface area (Å²) < 4.78 is 25.8. The third-order valence-corrected chi connectivity index (χ3v) is 5.60. The Morgan fingerprint density at radius 1 is 1.06 bits per heavy atom. The first kappa shape index (κ1) is 23.9. The second-order valence-corrected chi connectivity index (χ2v) is 8.74. The van der Waals surface area contributed by atoms with Gasteiger partial charge in [0, 0.05) is 29.6 Å². The highest BCUT2D eigenvalue weighted by Crippen LogP contribution is 2.29. The van der Waals surface area contributed by atoms with Gasteiger partial charge in [0.1, 0.15) is 18.1 Å². The minimum Gasteiger partial charge on any atom is -0.497 e. The van der Waals surface area contributed by atoms with Gasteiger partial charge in [-0.25, -0.2) is 19.3 Å². The predicted octanol–water partition coefficient (Wildman–Crippen LogP) is 5.15. The summed E-state index contributed by atoms with van der Waals surface area (Å²) in [6.45, 7) is 4.96. The predicted molar refractivity (Wildman–Crippen MR) is 129 cm³/mol. The molecule has 0 fully saturated rings. The molecule has 2 N–H and O–H groups in total. The fourth-order valence-electron chi connectivity index (χ4n) is 3.35. The largest absolute Gasteiger partial charge is 0.497 e. The number of imidazole rings is 1. The maximum absolute atomic E-state index is 15.0. The summed E-state index contributed by atoms with van der Waals surface area (Å²) in [6, 6.07) is 10.5. The summed E-state index contributed by atoms with van der Waals surface area (Å²) in [5.74, 6) is -0.127. The number of methoxy groups -OCH3 is 1. The number of halogens is 1. The molecule has 9 heteroatoms. The minimum atomic E-state index is -1.05. The number of nitrogens with one attached hydrogen (secondary N) is 1. The number of rotatable bonds is 8. The van der Waals surface area contributed by atoms with E-state index in [0.717, 1.165) is 22.6 Å². The Bertz CT molecular complexity index is 1370. The van der Waals surface area contributed by atoms with Crippen LogP contribution in [0.5, 0.6) is 11.6 Å². The monoisotopic (exact) mass is 476 g/mol. The van der Waals surface area contributed by atoms with Gasteiger partial charge in [0.2, 0.25) is 5.88 Å². The first-order chi connectivity index (χ1) is 16.7. The molecule has 0 aliphatic carbocycles. The molecule has 35 heavy (non-hydrogen) atoms. The van der Waals surface area contributed by atoms with E-state index in [1.165, 1.54) is 6.07 Å². The lowest BCUT2D eigenvalue weighted by atomic mass is 9.95. The number of aliphatic carboxylic acids is 1. The number of H-pyrrole nitrogens is 1. The number of aryl methyl sites for hydroxylation is 1. The molecule has 0 spiro atoms. The van der Waals surface area contributed by atoms with Gasteiger partial charge in [-0.05, 0) is 62.2 Å². The third kappa shape index (κ3) is 5.13. The maximum atomic E-state index is 15.0. The standard InChI is InChI=1S/C26H25FN4O4/c1-15-9-22(35-14-26(2,3)25(32)33)28-12-19(15)17-10-20(27)23(29-11-17)24-30-13-21(31-24)16-5-7-18(34-4)8-6-16/h5-13H,14H2,1-4H3,(H,30,31)(H,32,33).